The van der Waals surface area contributed by atoms with E-state index in [0.717, 1.165) is 19.3 Å². The number of amides is 1. The van der Waals surface area contributed by atoms with E-state index in [1.54, 1.807) is 6.92 Å². The molecular formula is C13H24N4O2. The van der Waals surface area contributed by atoms with Crippen molar-refractivity contribution in [2.24, 2.45) is 11.7 Å². The van der Waals surface area contributed by atoms with Gasteiger partial charge in [-0.05, 0) is 25.3 Å². The average Bonchev–Trinajstić information content (AvgIpc) is 2.80. The molecule has 0 radical (unpaired) electrons. The van der Waals surface area contributed by atoms with Gasteiger partial charge in [-0.1, -0.05) is 18.5 Å². The summed E-state index contributed by atoms with van der Waals surface area (Å²) in [5, 5.41) is 6.64. The molecule has 0 aliphatic rings. The van der Waals surface area contributed by atoms with Gasteiger partial charge in [-0.15, -0.1) is 0 Å². The Morgan fingerprint density at radius 3 is 2.84 bits per heavy atom. The number of nitrogens with zero attached hydrogens (tertiary/aromatic N) is 2. The van der Waals surface area contributed by atoms with Crippen LogP contribution in [0.2, 0.25) is 0 Å². The van der Waals surface area contributed by atoms with Crippen molar-refractivity contribution >= 4 is 5.91 Å². The summed E-state index contributed by atoms with van der Waals surface area (Å²) >= 11 is 0. The van der Waals surface area contributed by atoms with E-state index in [-0.39, 0.29) is 5.91 Å². The fraction of sp³-hybridized carbons (Fsp3) is 0.769. The lowest BCUT2D eigenvalue weighted by Crippen LogP contribution is -2.26. The maximum absolute atomic E-state index is 11.7. The number of hydrogen-bond acceptors (Lipinski definition) is 5. The minimum absolute atomic E-state index is 0.0793. The number of nitrogens with one attached hydrogen (secondary N) is 1. The van der Waals surface area contributed by atoms with Crippen LogP contribution in [0, 0.1) is 12.8 Å². The standard InChI is InChI=1S/C13H24N4O2/c1-3-11(6-8-14)4-5-13(18)15-9-7-12-16-10(2)19-17-12/h11H,3-9,14H2,1-2H3,(H,15,18). The minimum Gasteiger partial charge on any atom is -0.356 e. The minimum atomic E-state index is 0.0793. The Labute approximate surface area is 114 Å². The Balaban J connectivity index is 2.14. The first-order valence-electron chi connectivity index (χ1n) is 6.91. The van der Waals surface area contributed by atoms with E-state index in [9.17, 15) is 4.79 Å². The Bertz CT molecular complexity index is 378. The highest BCUT2D eigenvalue weighted by Gasteiger charge is 2.09. The Morgan fingerprint density at radius 1 is 1.47 bits per heavy atom. The molecule has 0 saturated heterocycles. The average molecular weight is 268 g/mol. The molecule has 1 amide bonds. The SMILES string of the molecule is CCC(CCN)CCC(=O)NCCc1noc(C)n1. The highest BCUT2D eigenvalue weighted by atomic mass is 16.5. The zero-order chi connectivity index (χ0) is 14.1. The van der Waals surface area contributed by atoms with Crippen LogP contribution in [-0.4, -0.2) is 29.1 Å². The monoisotopic (exact) mass is 268 g/mol. The number of carbonyl (C=O) groups is 1. The van der Waals surface area contributed by atoms with E-state index >= 15 is 0 Å². The Kier molecular flexibility index (Phi) is 7.10. The fourth-order valence-electron chi connectivity index (χ4n) is 1.97. The van der Waals surface area contributed by atoms with Gasteiger partial charge in [-0.3, -0.25) is 4.79 Å². The van der Waals surface area contributed by atoms with Crippen LogP contribution in [-0.2, 0) is 11.2 Å². The van der Waals surface area contributed by atoms with Crippen molar-refractivity contribution in [1.29, 1.82) is 0 Å². The molecule has 1 atom stereocenters. The molecule has 0 fully saturated rings. The summed E-state index contributed by atoms with van der Waals surface area (Å²) in [6.45, 7) is 5.12. The van der Waals surface area contributed by atoms with Crippen LogP contribution in [0.3, 0.4) is 0 Å². The molecule has 0 saturated carbocycles. The Morgan fingerprint density at radius 2 is 2.26 bits per heavy atom. The number of aromatic nitrogens is 2. The van der Waals surface area contributed by atoms with Crippen LogP contribution in [0.4, 0.5) is 0 Å². The summed E-state index contributed by atoms with van der Waals surface area (Å²) in [5.41, 5.74) is 5.53. The summed E-state index contributed by atoms with van der Waals surface area (Å²) in [5.74, 6) is 1.81. The third-order valence-electron chi connectivity index (χ3n) is 3.17. The van der Waals surface area contributed by atoms with Crippen molar-refractivity contribution in [2.75, 3.05) is 13.1 Å². The summed E-state index contributed by atoms with van der Waals surface area (Å²) in [4.78, 5) is 15.7. The lowest BCUT2D eigenvalue weighted by atomic mass is 9.96. The third-order valence-corrected chi connectivity index (χ3v) is 3.17. The van der Waals surface area contributed by atoms with Gasteiger partial charge in [0.05, 0.1) is 0 Å². The number of hydrogen-bond donors (Lipinski definition) is 2. The van der Waals surface area contributed by atoms with Gasteiger partial charge in [0.25, 0.3) is 0 Å². The van der Waals surface area contributed by atoms with Gasteiger partial charge < -0.3 is 15.6 Å². The summed E-state index contributed by atoms with van der Waals surface area (Å²) in [7, 11) is 0. The first-order valence-corrected chi connectivity index (χ1v) is 6.91. The van der Waals surface area contributed by atoms with Crippen LogP contribution in [0.1, 0.15) is 44.3 Å². The molecule has 6 nitrogen and oxygen atoms in total. The summed E-state index contributed by atoms with van der Waals surface area (Å²) in [6, 6.07) is 0. The normalized spacial score (nSPS) is 12.4. The van der Waals surface area contributed by atoms with Crippen molar-refractivity contribution in [3.8, 4) is 0 Å². The third kappa shape index (κ3) is 6.33. The summed E-state index contributed by atoms with van der Waals surface area (Å²) in [6.07, 6.45) is 4.13. The van der Waals surface area contributed by atoms with Crippen LogP contribution in [0.25, 0.3) is 0 Å². The van der Waals surface area contributed by atoms with E-state index in [1.165, 1.54) is 0 Å². The lowest BCUT2D eigenvalue weighted by molar-refractivity contribution is -0.121. The van der Waals surface area contributed by atoms with E-state index in [1.807, 2.05) is 0 Å². The molecule has 1 unspecified atom stereocenters. The van der Waals surface area contributed by atoms with Crippen LogP contribution >= 0.6 is 0 Å². The number of aryl methyl sites for hydroxylation is 1. The molecule has 1 heterocycles. The predicted octanol–water partition coefficient (Wildman–Crippen LogP) is 1.19. The van der Waals surface area contributed by atoms with Crippen molar-refractivity contribution in [3.63, 3.8) is 0 Å². The maximum Gasteiger partial charge on any atom is 0.223 e. The smallest absolute Gasteiger partial charge is 0.223 e. The molecule has 1 aromatic heterocycles. The molecule has 0 aliphatic carbocycles. The maximum atomic E-state index is 11.7. The van der Waals surface area contributed by atoms with E-state index in [2.05, 4.69) is 22.4 Å². The van der Waals surface area contributed by atoms with Crippen LogP contribution in [0.5, 0.6) is 0 Å². The molecule has 0 aliphatic heterocycles. The second-order valence-electron chi connectivity index (χ2n) is 4.72. The van der Waals surface area contributed by atoms with E-state index < -0.39 is 0 Å². The van der Waals surface area contributed by atoms with Gasteiger partial charge in [0, 0.05) is 26.3 Å². The van der Waals surface area contributed by atoms with Gasteiger partial charge in [-0.2, -0.15) is 4.98 Å². The number of carbonyl (C=O) groups excluding carboxylic acids is 1. The largest absolute Gasteiger partial charge is 0.356 e. The molecule has 3 N–H and O–H groups in total. The lowest BCUT2D eigenvalue weighted by Gasteiger charge is -2.12. The zero-order valence-electron chi connectivity index (χ0n) is 11.8. The molecule has 0 bridgehead atoms. The second kappa shape index (κ2) is 8.63. The van der Waals surface area contributed by atoms with Crippen LogP contribution in [0.15, 0.2) is 4.52 Å². The Hall–Kier alpha value is -1.43. The molecule has 108 valence electrons. The molecule has 0 aromatic carbocycles. The number of nitrogens with two attached hydrogens (primary N) is 1. The quantitative estimate of drug-likeness (QED) is 0.701. The highest BCUT2D eigenvalue weighted by Crippen LogP contribution is 2.14. The first-order chi connectivity index (χ1) is 9.15. The first kappa shape index (κ1) is 15.6. The highest BCUT2D eigenvalue weighted by molar-refractivity contribution is 5.75. The number of rotatable bonds is 9. The predicted molar refractivity (Wildman–Crippen MR) is 72.4 cm³/mol. The van der Waals surface area contributed by atoms with Gasteiger partial charge in [0.15, 0.2) is 5.82 Å². The zero-order valence-corrected chi connectivity index (χ0v) is 11.8. The molecule has 19 heavy (non-hydrogen) atoms. The second-order valence-corrected chi connectivity index (χ2v) is 4.72. The van der Waals surface area contributed by atoms with Gasteiger partial charge >= 0.3 is 0 Å². The molecule has 0 spiro atoms. The van der Waals surface area contributed by atoms with Crippen molar-refractivity contribution < 1.29 is 9.32 Å². The van der Waals surface area contributed by atoms with Gasteiger partial charge in [0.2, 0.25) is 11.8 Å². The molecular weight excluding hydrogens is 244 g/mol. The van der Waals surface area contributed by atoms with E-state index in [0.29, 0.717) is 43.6 Å². The molecule has 1 aromatic rings. The van der Waals surface area contributed by atoms with Crippen molar-refractivity contribution in [3.05, 3.63) is 11.7 Å². The van der Waals surface area contributed by atoms with Crippen molar-refractivity contribution in [2.45, 2.75) is 46.0 Å². The fourth-order valence-corrected chi connectivity index (χ4v) is 1.97. The van der Waals surface area contributed by atoms with E-state index in [4.69, 9.17) is 10.3 Å². The molecule has 1 rings (SSSR count). The molecule has 6 heteroatoms. The van der Waals surface area contributed by atoms with Crippen LogP contribution < -0.4 is 11.1 Å². The summed E-state index contributed by atoms with van der Waals surface area (Å²) < 4.78 is 4.86. The van der Waals surface area contributed by atoms with Crippen molar-refractivity contribution in [1.82, 2.24) is 15.5 Å². The van der Waals surface area contributed by atoms with Gasteiger partial charge in [0.1, 0.15) is 0 Å². The van der Waals surface area contributed by atoms with Gasteiger partial charge in [-0.25, -0.2) is 0 Å². The topological polar surface area (TPSA) is 94.0 Å².